The Morgan fingerprint density at radius 3 is 2.50 bits per heavy atom. The van der Waals surface area contributed by atoms with Crippen molar-refractivity contribution in [1.82, 2.24) is 0 Å². The minimum absolute atomic E-state index is 0.422. The second-order valence-corrected chi connectivity index (χ2v) is 2.56. The predicted molar refractivity (Wildman–Crippen MR) is 46.9 cm³/mol. The van der Waals surface area contributed by atoms with E-state index in [1.54, 1.807) is 24.3 Å². The quantitative estimate of drug-likeness (QED) is 0.610. The van der Waals surface area contributed by atoms with E-state index in [4.69, 9.17) is 0 Å². The molecule has 6 heteroatoms. The number of carbonyl (C=O) groups is 1. The molecule has 0 spiro atoms. The molecule has 69 valence electrons. The van der Waals surface area contributed by atoms with Gasteiger partial charge in [-0.1, -0.05) is 23.4 Å². The van der Waals surface area contributed by atoms with Crippen LogP contribution in [0.4, 0.5) is 5.69 Å². The summed E-state index contributed by atoms with van der Waals surface area (Å²) in [6.45, 7) is 0. The molecule has 0 aromatic heterocycles. The van der Waals surface area contributed by atoms with Crippen molar-refractivity contribution in [2.75, 3.05) is 5.01 Å². The van der Waals surface area contributed by atoms with E-state index in [9.17, 15) is 10.0 Å². The van der Waals surface area contributed by atoms with Gasteiger partial charge in [0.2, 0.25) is 0 Å². The number of rotatable bonds is 1. The third-order valence-corrected chi connectivity index (χ3v) is 1.70. The molecule has 0 saturated carbocycles. The van der Waals surface area contributed by atoms with E-state index >= 15 is 0 Å². The van der Waals surface area contributed by atoms with Crippen LogP contribution in [0, 0.1) is 0 Å². The number of carbonyl (C=O) groups excluding carboxylic acids is 1. The van der Waals surface area contributed by atoms with E-state index < -0.39 is 11.7 Å². The summed E-state index contributed by atoms with van der Waals surface area (Å²) in [6, 6.07) is 8.69. The molecule has 0 saturated heterocycles. The molecule has 1 aliphatic heterocycles. The lowest BCUT2D eigenvalue weighted by atomic mass is 10.3. The van der Waals surface area contributed by atoms with Crippen molar-refractivity contribution in [2.45, 2.75) is 0 Å². The average Bonchev–Trinajstić information content (AvgIpc) is 2.61. The zero-order valence-corrected chi connectivity index (χ0v) is 6.99. The van der Waals surface area contributed by atoms with Crippen molar-refractivity contribution < 1.29 is 10.0 Å². The largest absolute Gasteiger partial charge is 0.323 e. The van der Waals surface area contributed by atoms with Crippen LogP contribution in [0.25, 0.3) is 0 Å². The lowest BCUT2D eigenvalue weighted by Gasteiger charge is -2.07. The summed E-state index contributed by atoms with van der Waals surface area (Å²) in [5, 5.41) is 20.4. The highest BCUT2D eigenvalue weighted by Crippen LogP contribution is 2.18. The van der Waals surface area contributed by atoms with Gasteiger partial charge in [0, 0.05) is 0 Å². The standard InChI is InChI=1S/C8H5N4O2/c13-8-7(10-14)9-11-12(8)6-4-2-1-3-5-6/h1-5H/b10-7+. The Labute approximate surface area is 79.1 Å². The summed E-state index contributed by atoms with van der Waals surface area (Å²) >= 11 is 0. The van der Waals surface area contributed by atoms with Gasteiger partial charge in [0.25, 0.3) is 5.84 Å². The molecule has 1 aromatic carbocycles. The fourth-order valence-corrected chi connectivity index (χ4v) is 1.06. The van der Waals surface area contributed by atoms with Gasteiger partial charge in [-0.3, -0.25) is 4.79 Å². The van der Waals surface area contributed by atoms with Crippen molar-refractivity contribution in [3.05, 3.63) is 30.3 Å². The molecule has 1 radical (unpaired) electrons. The lowest BCUT2D eigenvalue weighted by molar-refractivity contribution is -0.112. The Kier molecular flexibility index (Phi) is 1.94. The molecule has 1 aromatic rings. The number of amidine groups is 1. The van der Waals surface area contributed by atoms with Crippen molar-refractivity contribution in [2.24, 2.45) is 15.5 Å². The zero-order valence-electron chi connectivity index (χ0n) is 6.99. The minimum atomic E-state index is -0.605. The predicted octanol–water partition coefficient (Wildman–Crippen LogP) is 1.14. The first-order valence-corrected chi connectivity index (χ1v) is 3.84. The molecule has 0 fully saturated rings. The van der Waals surface area contributed by atoms with E-state index in [0.717, 1.165) is 5.01 Å². The van der Waals surface area contributed by atoms with E-state index in [2.05, 4.69) is 15.5 Å². The van der Waals surface area contributed by atoms with Crippen LogP contribution in [0.15, 0.2) is 45.8 Å². The van der Waals surface area contributed by atoms with Crippen molar-refractivity contribution in [1.29, 1.82) is 0 Å². The first kappa shape index (κ1) is 8.36. The first-order chi connectivity index (χ1) is 6.83. The molecule has 14 heavy (non-hydrogen) atoms. The number of para-hydroxylation sites is 1. The number of amides is 1. The monoisotopic (exact) mass is 189 g/mol. The van der Waals surface area contributed by atoms with E-state index in [-0.39, 0.29) is 0 Å². The Morgan fingerprint density at radius 2 is 1.93 bits per heavy atom. The Bertz CT molecular complexity index is 413. The highest BCUT2D eigenvalue weighted by Gasteiger charge is 2.28. The zero-order chi connectivity index (χ0) is 9.97. The Hall–Kier alpha value is -2.24. The molecule has 0 atom stereocenters. The fraction of sp³-hybridized carbons (Fsp3) is 0. The fourth-order valence-electron chi connectivity index (χ4n) is 1.06. The van der Waals surface area contributed by atoms with Gasteiger partial charge in [-0.2, -0.15) is 5.01 Å². The molecule has 1 heterocycles. The third-order valence-electron chi connectivity index (χ3n) is 1.70. The molecule has 1 aliphatic rings. The molecule has 0 N–H and O–H groups in total. The molecule has 1 amide bonds. The molecular weight excluding hydrogens is 184 g/mol. The normalized spacial score (nSPS) is 18.1. The highest BCUT2D eigenvalue weighted by atomic mass is 16.4. The highest BCUT2D eigenvalue weighted by molar-refractivity contribution is 6.44. The van der Waals surface area contributed by atoms with Crippen LogP contribution in [0.3, 0.4) is 0 Å². The summed E-state index contributed by atoms with van der Waals surface area (Å²) in [6.07, 6.45) is 0. The van der Waals surface area contributed by atoms with E-state index in [0.29, 0.717) is 5.69 Å². The van der Waals surface area contributed by atoms with Crippen molar-refractivity contribution in [3.8, 4) is 0 Å². The maximum atomic E-state index is 11.3. The number of benzene rings is 1. The Morgan fingerprint density at radius 1 is 1.21 bits per heavy atom. The maximum Gasteiger partial charge on any atom is 0.323 e. The molecule has 6 nitrogen and oxygen atoms in total. The van der Waals surface area contributed by atoms with E-state index in [1.807, 2.05) is 6.07 Å². The molecule has 2 rings (SSSR count). The van der Waals surface area contributed by atoms with Crippen molar-refractivity contribution >= 4 is 17.4 Å². The van der Waals surface area contributed by atoms with Crippen LogP contribution in [-0.4, -0.2) is 11.7 Å². The van der Waals surface area contributed by atoms with Gasteiger partial charge in [-0.05, 0) is 17.3 Å². The van der Waals surface area contributed by atoms with Gasteiger partial charge < -0.3 is 0 Å². The summed E-state index contributed by atoms with van der Waals surface area (Å²) in [5.74, 6) is -1.03. The number of nitrogens with zero attached hydrogens (tertiary/aromatic N) is 4. The smallest absolute Gasteiger partial charge is 0.263 e. The summed E-state index contributed by atoms with van der Waals surface area (Å²) in [5.41, 5.74) is 0.555. The first-order valence-electron chi connectivity index (χ1n) is 3.84. The third kappa shape index (κ3) is 1.22. The van der Waals surface area contributed by atoms with E-state index in [1.165, 1.54) is 0 Å². The van der Waals surface area contributed by atoms with Crippen LogP contribution in [0.2, 0.25) is 0 Å². The SMILES string of the molecule is [O]/N=C1/N=NN(c2ccccc2)C1=O. The topological polar surface area (TPSA) is 77.3 Å². The van der Waals surface area contributed by atoms with Crippen molar-refractivity contribution in [3.63, 3.8) is 0 Å². The average molecular weight is 189 g/mol. The molecular formula is C8H5N4O2. The number of hydrogen-bond donors (Lipinski definition) is 0. The van der Waals surface area contributed by atoms with Crippen LogP contribution in [0.5, 0.6) is 0 Å². The molecule has 0 bridgehead atoms. The van der Waals surface area contributed by atoms with Gasteiger partial charge in [-0.15, -0.1) is 10.3 Å². The minimum Gasteiger partial charge on any atom is -0.263 e. The van der Waals surface area contributed by atoms with Gasteiger partial charge in [0.1, 0.15) is 0 Å². The van der Waals surface area contributed by atoms with Gasteiger partial charge in [-0.25, -0.2) is 0 Å². The van der Waals surface area contributed by atoms with Crippen LogP contribution in [-0.2, 0) is 10.0 Å². The second-order valence-electron chi connectivity index (χ2n) is 2.56. The van der Waals surface area contributed by atoms with Gasteiger partial charge in [0.15, 0.2) is 0 Å². The van der Waals surface area contributed by atoms with Crippen LogP contribution in [0.1, 0.15) is 0 Å². The van der Waals surface area contributed by atoms with Gasteiger partial charge >= 0.3 is 5.91 Å². The summed E-state index contributed by atoms with van der Waals surface area (Å²) < 4.78 is 0. The Balaban J connectivity index is 2.32. The molecule has 0 aliphatic carbocycles. The number of anilines is 1. The van der Waals surface area contributed by atoms with Gasteiger partial charge in [0.05, 0.1) is 5.69 Å². The summed E-state index contributed by atoms with van der Waals surface area (Å²) in [4.78, 5) is 11.3. The second kappa shape index (κ2) is 3.25. The van der Waals surface area contributed by atoms with Crippen LogP contribution >= 0.6 is 0 Å². The molecule has 0 unspecified atom stereocenters. The number of hydrogen-bond acceptors (Lipinski definition) is 3. The summed E-state index contributed by atoms with van der Waals surface area (Å²) in [7, 11) is 0. The maximum absolute atomic E-state index is 11.3. The van der Waals surface area contributed by atoms with Crippen LogP contribution < -0.4 is 5.01 Å². The lowest BCUT2D eigenvalue weighted by Crippen LogP contribution is -2.25.